The molecule has 7 heteroatoms. The number of carbonyl (C=O) groups excluding carboxylic acids is 1. The molecule has 26 heavy (non-hydrogen) atoms. The van der Waals surface area contributed by atoms with E-state index in [2.05, 4.69) is 23.9 Å². The van der Waals surface area contributed by atoms with Crippen LogP contribution in [-0.2, 0) is 14.8 Å². The van der Waals surface area contributed by atoms with Crippen molar-refractivity contribution >= 4 is 15.9 Å². The molecule has 1 unspecified atom stereocenters. The third-order valence-electron chi connectivity index (χ3n) is 4.25. The molecular formula is C19H31FN2O3S. The highest BCUT2D eigenvalue weighted by molar-refractivity contribution is 7.89. The van der Waals surface area contributed by atoms with E-state index in [9.17, 15) is 17.6 Å². The Morgan fingerprint density at radius 2 is 1.69 bits per heavy atom. The summed E-state index contributed by atoms with van der Waals surface area (Å²) in [5.41, 5.74) is -0.158. The van der Waals surface area contributed by atoms with Gasteiger partial charge in [-0.3, -0.25) is 4.79 Å². The van der Waals surface area contributed by atoms with Gasteiger partial charge in [0.15, 0.2) is 0 Å². The van der Waals surface area contributed by atoms with Crippen LogP contribution < -0.4 is 10.0 Å². The Kier molecular flexibility index (Phi) is 7.77. The van der Waals surface area contributed by atoms with Crippen LogP contribution >= 0.6 is 0 Å². The molecule has 1 rings (SSSR count). The molecule has 0 aliphatic carbocycles. The number of benzene rings is 1. The van der Waals surface area contributed by atoms with E-state index in [1.54, 1.807) is 0 Å². The van der Waals surface area contributed by atoms with Crippen molar-refractivity contribution in [2.45, 2.75) is 71.4 Å². The minimum Gasteiger partial charge on any atom is -0.351 e. The lowest BCUT2D eigenvalue weighted by molar-refractivity contribution is -0.123. The molecule has 5 nitrogen and oxygen atoms in total. The molecule has 0 saturated heterocycles. The highest BCUT2D eigenvalue weighted by Crippen LogP contribution is 2.24. The number of hydrogen-bond acceptors (Lipinski definition) is 3. The van der Waals surface area contributed by atoms with Crippen LogP contribution in [0.2, 0.25) is 0 Å². The summed E-state index contributed by atoms with van der Waals surface area (Å²) in [5, 5.41) is 2.94. The first-order chi connectivity index (χ1) is 11.8. The van der Waals surface area contributed by atoms with Gasteiger partial charge in [-0.15, -0.1) is 0 Å². The molecule has 0 aliphatic rings. The van der Waals surface area contributed by atoms with E-state index in [-0.39, 0.29) is 11.5 Å². The lowest BCUT2D eigenvalue weighted by Crippen LogP contribution is -2.51. The summed E-state index contributed by atoms with van der Waals surface area (Å²) in [5.74, 6) is -0.764. The molecule has 1 amide bonds. The summed E-state index contributed by atoms with van der Waals surface area (Å²) in [6.45, 7) is 11.8. The summed E-state index contributed by atoms with van der Waals surface area (Å²) < 4.78 is 40.7. The molecule has 0 aliphatic heterocycles. The average Bonchev–Trinajstić information content (AvgIpc) is 2.49. The number of sulfonamides is 1. The van der Waals surface area contributed by atoms with E-state index < -0.39 is 32.7 Å². The van der Waals surface area contributed by atoms with Crippen molar-refractivity contribution in [3.05, 3.63) is 30.1 Å². The zero-order valence-electron chi connectivity index (χ0n) is 16.5. The van der Waals surface area contributed by atoms with Crippen molar-refractivity contribution in [1.29, 1.82) is 0 Å². The monoisotopic (exact) mass is 386 g/mol. The van der Waals surface area contributed by atoms with E-state index in [0.717, 1.165) is 18.9 Å². The minimum atomic E-state index is -4.12. The maximum atomic E-state index is 13.8. The van der Waals surface area contributed by atoms with E-state index in [4.69, 9.17) is 0 Å². The van der Waals surface area contributed by atoms with Crippen molar-refractivity contribution in [2.24, 2.45) is 11.3 Å². The summed E-state index contributed by atoms with van der Waals surface area (Å²) in [6.07, 6.45) is 1.76. The van der Waals surface area contributed by atoms with Crippen LogP contribution in [0, 0.1) is 17.2 Å². The van der Waals surface area contributed by atoms with Crippen LogP contribution in [0.5, 0.6) is 0 Å². The molecule has 0 spiro atoms. The fourth-order valence-corrected chi connectivity index (χ4v) is 3.81. The number of halogens is 1. The molecule has 0 saturated carbocycles. The van der Waals surface area contributed by atoms with Gasteiger partial charge in [-0.05, 0) is 43.2 Å². The first kappa shape index (κ1) is 22.6. The van der Waals surface area contributed by atoms with Gasteiger partial charge in [0.1, 0.15) is 10.7 Å². The first-order valence-corrected chi connectivity index (χ1v) is 10.4. The van der Waals surface area contributed by atoms with E-state index in [1.165, 1.54) is 25.1 Å². The van der Waals surface area contributed by atoms with Crippen LogP contribution in [0.25, 0.3) is 0 Å². The molecule has 0 radical (unpaired) electrons. The third kappa shape index (κ3) is 6.68. The third-order valence-corrected chi connectivity index (χ3v) is 5.82. The quantitative estimate of drug-likeness (QED) is 0.718. The predicted octanol–water partition coefficient (Wildman–Crippen LogP) is 3.46. The molecular weight excluding hydrogens is 355 g/mol. The van der Waals surface area contributed by atoms with E-state index in [1.807, 2.05) is 20.8 Å². The lowest BCUT2D eigenvalue weighted by atomic mass is 9.82. The van der Waals surface area contributed by atoms with Gasteiger partial charge in [-0.2, -0.15) is 4.72 Å². The van der Waals surface area contributed by atoms with Gasteiger partial charge in [-0.1, -0.05) is 46.8 Å². The molecule has 0 fully saturated rings. The standard InChI is InChI=1S/C19H31FN2O3S/c1-13(2)11-12-17(19(4,5)6)21-18(23)14(3)22-26(24,25)16-10-8-7-9-15(16)20/h7-10,13-14,17,22H,11-12H2,1-6H3,(H,21,23)/t14-,17?/m0/s1. The second kappa shape index (κ2) is 8.95. The van der Waals surface area contributed by atoms with Crippen LogP contribution in [0.1, 0.15) is 54.4 Å². The summed E-state index contributed by atoms with van der Waals surface area (Å²) >= 11 is 0. The van der Waals surface area contributed by atoms with Crippen molar-refractivity contribution < 1.29 is 17.6 Å². The summed E-state index contributed by atoms with van der Waals surface area (Å²) in [7, 11) is -4.12. The molecule has 148 valence electrons. The zero-order chi connectivity index (χ0) is 20.1. The number of nitrogens with one attached hydrogen (secondary N) is 2. The van der Waals surface area contributed by atoms with E-state index in [0.29, 0.717) is 5.92 Å². The summed E-state index contributed by atoms with van der Waals surface area (Å²) in [6, 6.07) is 3.99. The van der Waals surface area contributed by atoms with E-state index >= 15 is 0 Å². The largest absolute Gasteiger partial charge is 0.351 e. The van der Waals surface area contributed by atoms with Gasteiger partial charge in [0.2, 0.25) is 15.9 Å². The molecule has 1 aromatic carbocycles. The van der Waals surface area contributed by atoms with Crippen LogP contribution in [0.15, 0.2) is 29.2 Å². The molecule has 0 heterocycles. The lowest BCUT2D eigenvalue weighted by Gasteiger charge is -2.33. The maximum absolute atomic E-state index is 13.8. The second-order valence-corrected chi connectivity index (χ2v) is 9.85. The number of rotatable bonds is 8. The van der Waals surface area contributed by atoms with Gasteiger partial charge >= 0.3 is 0 Å². The van der Waals surface area contributed by atoms with Gasteiger partial charge < -0.3 is 5.32 Å². The Morgan fingerprint density at radius 1 is 1.12 bits per heavy atom. The fourth-order valence-electron chi connectivity index (χ4n) is 2.53. The molecule has 1 aromatic rings. The van der Waals surface area contributed by atoms with Crippen LogP contribution in [0.4, 0.5) is 4.39 Å². The van der Waals surface area contributed by atoms with Crippen LogP contribution in [-0.4, -0.2) is 26.4 Å². The average molecular weight is 387 g/mol. The normalized spacial score (nSPS) is 14.9. The number of amides is 1. The Morgan fingerprint density at radius 3 is 2.19 bits per heavy atom. The number of carbonyl (C=O) groups is 1. The highest BCUT2D eigenvalue weighted by Gasteiger charge is 2.30. The van der Waals surface area contributed by atoms with Crippen molar-refractivity contribution in [3.8, 4) is 0 Å². The van der Waals surface area contributed by atoms with Gasteiger partial charge in [-0.25, -0.2) is 12.8 Å². The first-order valence-electron chi connectivity index (χ1n) is 8.92. The van der Waals surface area contributed by atoms with Gasteiger partial charge in [0.05, 0.1) is 6.04 Å². The Hall–Kier alpha value is -1.47. The molecule has 2 N–H and O–H groups in total. The van der Waals surface area contributed by atoms with Crippen molar-refractivity contribution in [1.82, 2.24) is 10.0 Å². The Labute approximate surface area is 156 Å². The predicted molar refractivity (Wildman–Crippen MR) is 102 cm³/mol. The van der Waals surface area contributed by atoms with Gasteiger partial charge in [0, 0.05) is 6.04 Å². The maximum Gasteiger partial charge on any atom is 0.244 e. The van der Waals surface area contributed by atoms with Crippen molar-refractivity contribution in [2.75, 3.05) is 0 Å². The Balaban J connectivity index is 2.84. The highest BCUT2D eigenvalue weighted by atomic mass is 32.2. The Bertz CT molecular complexity index is 712. The second-order valence-electron chi connectivity index (χ2n) is 8.17. The molecule has 0 aromatic heterocycles. The zero-order valence-corrected chi connectivity index (χ0v) is 17.3. The topological polar surface area (TPSA) is 75.3 Å². The minimum absolute atomic E-state index is 0.0854. The van der Waals surface area contributed by atoms with Crippen molar-refractivity contribution in [3.63, 3.8) is 0 Å². The molecule has 0 bridgehead atoms. The van der Waals surface area contributed by atoms with Crippen LogP contribution in [0.3, 0.4) is 0 Å². The SMILES string of the molecule is CC(C)CCC(NC(=O)[C@H](C)NS(=O)(=O)c1ccccc1F)C(C)(C)C. The number of hydrogen-bond donors (Lipinski definition) is 2. The smallest absolute Gasteiger partial charge is 0.244 e. The summed E-state index contributed by atoms with van der Waals surface area (Å²) in [4.78, 5) is 12.0. The fraction of sp³-hybridized carbons (Fsp3) is 0.632. The molecule has 2 atom stereocenters. The van der Waals surface area contributed by atoms with Gasteiger partial charge in [0.25, 0.3) is 0 Å².